The molecule has 0 spiro atoms. The molecule has 2 rings (SSSR count). The van der Waals surface area contributed by atoms with E-state index in [1.807, 2.05) is 12.2 Å². The normalized spacial score (nSPS) is 20.7. The zero-order chi connectivity index (χ0) is 24.0. The van der Waals surface area contributed by atoms with Gasteiger partial charge in [-0.15, -0.1) is 13.2 Å². The first kappa shape index (κ1) is 27.7. The molecule has 0 aliphatic heterocycles. The standard InChI is InChI=1S/C27H41NO2.C2H4/c1-5-24(17-16-22(4)29)27(19-11-8-12-20-27)21(3)15-18-25(6-2)28-26(30)23-13-9-7-10-14-23;1-2/h6,15-18,23,29H,2,5,7-14,19-20H2,1,3-4H3,(H,28,30);1-2H2/b21-15+,22-16+,24-17+,25-18+;. The van der Waals surface area contributed by atoms with Crippen LogP contribution in [0.15, 0.2) is 72.7 Å². The highest BCUT2D eigenvalue weighted by Gasteiger charge is 2.36. The van der Waals surface area contributed by atoms with E-state index in [2.05, 4.69) is 51.1 Å². The topological polar surface area (TPSA) is 49.3 Å². The Labute approximate surface area is 196 Å². The van der Waals surface area contributed by atoms with Crippen LogP contribution in [0.1, 0.15) is 91.4 Å². The molecule has 0 aromatic carbocycles. The smallest absolute Gasteiger partial charge is 0.227 e. The van der Waals surface area contributed by atoms with E-state index < -0.39 is 0 Å². The summed E-state index contributed by atoms with van der Waals surface area (Å²) < 4.78 is 0. The van der Waals surface area contributed by atoms with Gasteiger partial charge in [-0.25, -0.2) is 0 Å². The Balaban J connectivity index is 0.00000249. The minimum Gasteiger partial charge on any atom is -0.513 e. The Morgan fingerprint density at radius 3 is 2.09 bits per heavy atom. The van der Waals surface area contributed by atoms with Gasteiger partial charge in [-0.1, -0.05) is 75.3 Å². The average molecular weight is 440 g/mol. The van der Waals surface area contributed by atoms with Crippen molar-refractivity contribution in [3.63, 3.8) is 0 Å². The minimum absolute atomic E-state index is 0.0368. The number of amides is 1. The van der Waals surface area contributed by atoms with Crippen molar-refractivity contribution in [1.82, 2.24) is 5.32 Å². The van der Waals surface area contributed by atoms with Gasteiger partial charge >= 0.3 is 0 Å². The van der Waals surface area contributed by atoms with E-state index in [0.29, 0.717) is 5.76 Å². The molecule has 178 valence electrons. The number of carbonyl (C=O) groups is 1. The predicted octanol–water partition coefficient (Wildman–Crippen LogP) is 8.25. The highest BCUT2D eigenvalue weighted by atomic mass is 16.3. The Kier molecular flexibility index (Phi) is 12.8. The molecule has 2 aliphatic rings. The van der Waals surface area contributed by atoms with Crippen molar-refractivity contribution in [1.29, 1.82) is 0 Å². The molecule has 0 aromatic rings. The molecule has 2 fully saturated rings. The van der Waals surface area contributed by atoms with E-state index in [1.165, 1.54) is 36.8 Å². The highest BCUT2D eigenvalue weighted by molar-refractivity contribution is 5.81. The molecule has 0 atom stereocenters. The minimum atomic E-state index is 0.0368. The molecular weight excluding hydrogens is 394 g/mol. The molecule has 2 aliphatic carbocycles. The first-order valence-corrected chi connectivity index (χ1v) is 12.3. The summed E-state index contributed by atoms with van der Waals surface area (Å²) in [5.41, 5.74) is 3.52. The summed E-state index contributed by atoms with van der Waals surface area (Å²) in [5, 5.41) is 12.8. The highest BCUT2D eigenvalue weighted by Crippen LogP contribution is 2.49. The van der Waals surface area contributed by atoms with Crippen molar-refractivity contribution in [2.75, 3.05) is 0 Å². The summed E-state index contributed by atoms with van der Waals surface area (Å²) >= 11 is 0. The van der Waals surface area contributed by atoms with Crippen LogP contribution < -0.4 is 5.32 Å². The Bertz CT molecular complexity index is 722. The van der Waals surface area contributed by atoms with E-state index >= 15 is 0 Å². The average Bonchev–Trinajstić information content (AvgIpc) is 2.83. The van der Waals surface area contributed by atoms with Crippen molar-refractivity contribution < 1.29 is 9.90 Å². The van der Waals surface area contributed by atoms with Crippen molar-refractivity contribution in [3.05, 3.63) is 72.7 Å². The lowest BCUT2D eigenvalue weighted by molar-refractivity contribution is -0.125. The predicted molar refractivity (Wildman–Crippen MR) is 138 cm³/mol. The monoisotopic (exact) mass is 439 g/mol. The number of nitrogens with one attached hydrogen (secondary N) is 1. The van der Waals surface area contributed by atoms with Crippen LogP contribution in [0.25, 0.3) is 0 Å². The number of carbonyl (C=O) groups excluding carboxylic acids is 1. The summed E-state index contributed by atoms with van der Waals surface area (Å²) in [6.07, 6.45) is 22.4. The molecule has 0 radical (unpaired) electrons. The van der Waals surface area contributed by atoms with Crippen LogP contribution in [0.3, 0.4) is 0 Å². The summed E-state index contributed by atoms with van der Waals surface area (Å²) in [6, 6.07) is 0. The van der Waals surface area contributed by atoms with Gasteiger partial charge in [0.2, 0.25) is 5.91 Å². The van der Waals surface area contributed by atoms with E-state index in [4.69, 9.17) is 0 Å². The van der Waals surface area contributed by atoms with Gasteiger partial charge in [0.05, 0.1) is 5.76 Å². The first-order chi connectivity index (χ1) is 15.4. The van der Waals surface area contributed by atoms with Gasteiger partial charge in [0.1, 0.15) is 0 Å². The molecule has 0 bridgehead atoms. The molecular formula is C29H45NO2. The third-order valence-corrected chi connectivity index (χ3v) is 6.96. The molecule has 32 heavy (non-hydrogen) atoms. The molecule has 0 aromatic heterocycles. The fourth-order valence-electron chi connectivity index (χ4n) is 5.11. The Hall–Kier alpha value is -2.29. The van der Waals surface area contributed by atoms with Gasteiger partial charge in [0, 0.05) is 17.0 Å². The fraction of sp³-hybridized carbons (Fsp3) is 0.552. The number of rotatable bonds is 8. The molecule has 0 saturated heterocycles. The lowest BCUT2D eigenvalue weighted by Crippen LogP contribution is -2.31. The summed E-state index contributed by atoms with van der Waals surface area (Å²) in [5.74, 6) is 0.616. The van der Waals surface area contributed by atoms with E-state index in [0.717, 1.165) is 50.6 Å². The second-order valence-electron chi connectivity index (χ2n) is 9.00. The van der Waals surface area contributed by atoms with Crippen molar-refractivity contribution in [3.8, 4) is 0 Å². The van der Waals surface area contributed by atoms with Gasteiger partial charge in [0.15, 0.2) is 0 Å². The van der Waals surface area contributed by atoms with E-state index in [1.54, 1.807) is 13.0 Å². The molecule has 0 heterocycles. The maximum absolute atomic E-state index is 12.6. The number of hydrogen-bond acceptors (Lipinski definition) is 2. The zero-order valence-corrected chi connectivity index (χ0v) is 20.7. The molecule has 3 nitrogen and oxygen atoms in total. The molecule has 2 saturated carbocycles. The number of aliphatic hydroxyl groups excluding tert-OH is 1. The van der Waals surface area contributed by atoms with Gasteiger partial charge in [0.25, 0.3) is 0 Å². The van der Waals surface area contributed by atoms with E-state index in [-0.39, 0.29) is 17.2 Å². The van der Waals surface area contributed by atoms with E-state index in [9.17, 15) is 9.90 Å². The van der Waals surface area contributed by atoms with Crippen LogP contribution in [-0.4, -0.2) is 11.0 Å². The van der Waals surface area contributed by atoms with Crippen molar-refractivity contribution in [2.24, 2.45) is 11.3 Å². The first-order valence-electron chi connectivity index (χ1n) is 12.3. The number of hydrogen-bond donors (Lipinski definition) is 2. The number of allylic oxidation sites excluding steroid dienone is 8. The summed E-state index contributed by atoms with van der Waals surface area (Å²) in [6.45, 7) is 16.0. The molecule has 3 heteroatoms. The van der Waals surface area contributed by atoms with Crippen LogP contribution in [0.2, 0.25) is 0 Å². The van der Waals surface area contributed by atoms with Crippen molar-refractivity contribution in [2.45, 2.75) is 91.4 Å². The van der Waals surface area contributed by atoms with Crippen LogP contribution >= 0.6 is 0 Å². The third-order valence-electron chi connectivity index (χ3n) is 6.96. The quantitative estimate of drug-likeness (QED) is 0.227. The SMILES string of the molecule is C=C.C=C/C(=C\C=C(/C)C1(/C(=C/C=C(\C)O)CC)CCCCC1)NC(=O)C1CCCCC1. The van der Waals surface area contributed by atoms with Gasteiger partial charge in [-0.05, 0) is 64.2 Å². The molecule has 1 amide bonds. The zero-order valence-electron chi connectivity index (χ0n) is 20.7. The summed E-state index contributed by atoms with van der Waals surface area (Å²) in [7, 11) is 0. The molecule has 2 N–H and O–H groups in total. The maximum atomic E-state index is 12.6. The van der Waals surface area contributed by atoms with Gasteiger partial charge in [-0.2, -0.15) is 0 Å². The lowest BCUT2D eigenvalue weighted by Gasteiger charge is -2.41. The number of aliphatic hydroxyl groups is 1. The van der Waals surface area contributed by atoms with Gasteiger partial charge < -0.3 is 10.4 Å². The second kappa shape index (κ2) is 14.7. The molecule has 0 unspecified atom stereocenters. The van der Waals surface area contributed by atoms with Crippen LogP contribution in [-0.2, 0) is 4.79 Å². The second-order valence-corrected chi connectivity index (χ2v) is 9.00. The van der Waals surface area contributed by atoms with Gasteiger partial charge in [-0.3, -0.25) is 4.79 Å². The fourth-order valence-corrected chi connectivity index (χ4v) is 5.11. The maximum Gasteiger partial charge on any atom is 0.227 e. The van der Waals surface area contributed by atoms with Crippen LogP contribution in [0.5, 0.6) is 0 Å². The van der Waals surface area contributed by atoms with Crippen LogP contribution in [0, 0.1) is 11.3 Å². The Morgan fingerprint density at radius 1 is 0.969 bits per heavy atom. The summed E-state index contributed by atoms with van der Waals surface area (Å²) in [4.78, 5) is 12.6. The largest absolute Gasteiger partial charge is 0.513 e. The third kappa shape index (κ3) is 8.00. The van der Waals surface area contributed by atoms with Crippen molar-refractivity contribution >= 4 is 5.91 Å². The Morgan fingerprint density at radius 2 is 1.56 bits per heavy atom. The lowest BCUT2D eigenvalue weighted by atomic mass is 9.64. The van der Waals surface area contributed by atoms with Crippen LogP contribution in [0.4, 0.5) is 0 Å².